The average molecular weight is 433 g/mol. The molecule has 0 spiro atoms. The number of carbonyl (C=O) groups excluding carboxylic acids is 3. The molecule has 1 saturated heterocycles. The maximum atomic E-state index is 12.8. The quantitative estimate of drug-likeness (QED) is 0.722. The van der Waals surface area contributed by atoms with Crippen molar-refractivity contribution in [1.82, 2.24) is 9.80 Å². The van der Waals surface area contributed by atoms with E-state index in [9.17, 15) is 14.4 Å². The molecule has 1 heterocycles. The summed E-state index contributed by atoms with van der Waals surface area (Å²) in [6.45, 7) is 11.0. The van der Waals surface area contributed by atoms with Crippen molar-refractivity contribution in [1.29, 1.82) is 0 Å². The minimum absolute atomic E-state index is 0.0727. The Morgan fingerprint density at radius 1 is 1.19 bits per heavy atom. The molecule has 31 heavy (non-hydrogen) atoms. The molecule has 1 atom stereocenters. The fourth-order valence-corrected chi connectivity index (χ4v) is 3.36. The Balaban J connectivity index is 1.91. The number of likely N-dealkylation sites (tertiary alicyclic amines) is 1. The first-order valence-corrected chi connectivity index (χ1v) is 10.9. The zero-order chi connectivity index (χ0) is 23.2. The zero-order valence-electron chi connectivity index (χ0n) is 19.5. The first kappa shape index (κ1) is 24.5. The van der Waals surface area contributed by atoms with Gasteiger partial charge in [0.05, 0.1) is 0 Å². The monoisotopic (exact) mass is 432 g/mol. The molecule has 0 aliphatic carbocycles. The first-order valence-electron chi connectivity index (χ1n) is 10.9. The number of anilines is 2. The van der Waals surface area contributed by atoms with E-state index in [0.29, 0.717) is 31.0 Å². The molecule has 0 radical (unpaired) electrons. The van der Waals surface area contributed by atoms with E-state index in [1.165, 1.54) is 0 Å². The van der Waals surface area contributed by atoms with Crippen LogP contribution in [0.4, 0.5) is 21.0 Å². The van der Waals surface area contributed by atoms with Crippen LogP contribution in [0, 0.1) is 11.8 Å². The van der Waals surface area contributed by atoms with Gasteiger partial charge in [-0.05, 0) is 57.7 Å². The number of piperidine rings is 1. The Hall–Kier alpha value is -2.77. The summed E-state index contributed by atoms with van der Waals surface area (Å²) in [6, 6.07) is 6.94. The molecule has 172 valence electrons. The predicted molar refractivity (Wildman–Crippen MR) is 122 cm³/mol. The summed E-state index contributed by atoms with van der Waals surface area (Å²) in [5.74, 6) is -0.00696. The van der Waals surface area contributed by atoms with Gasteiger partial charge >= 0.3 is 12.1 Å². The van der Waals surface area contributed by atoms with Crippen LogP contribution >= 0.6 is 0 Å². The standard InChI is InChI=1S/C23H36N4O4/c1-16(2)20(28)24-18-10-7-11-19(13-18)25-21(29)27-12-8-9-17(15-27)14-26(6)22(30)31-23(3,4)5/h7,10-11,13,16-17H,8-9,12,14-15H2,1-6H3,(H,24,28)(H,25,29). The molecule has 1 aliphatic rings. The largest absolute Gasteiger partial charge is 0.444 e. The van der Waals surface area contributed by atoms with Crippen LogP contribution in [0.15, 0.2) is 24.3 Å². The molecule has 4 amide bonds. The van der Waals surface area contributed by atoms with Crippen molar-refractivity contribution in [2.75, 3.05) is 37.3 Å². The second kappa shape index (κ2) is 10.5. The SMILES string of the molecule is CC(C)C(=O)Nc1cccc(NC(=O)N2CCCC(CN(C)C(=O)OC(C)(C)C)C2)c1. The third-order valence-corrected chi connectivity index (χ3v) is 4.95. The lowest BCUT2D eigenvalue weighted by molar-refractivity contribution is -0.118. The van der Waals surface area contributed by atoms with E-state index in [1.807, 2.05) is 34.6 Å². The number of carbonyl (C=O) groups is 3. The van der Waals surface area contributed by atoms with Crippen molar-refractivity contribution in [2.45, 2.75) is 53.1 Å². The van der Waals surface area contributed by atoms with Crippen LogP contribution in [0.3, 0.4) is 0 Å². The molecular weight excluding hydrogens is 396 g/mol. The molecule has 2 rings (SSSR count). The molecule has 1 aromatic carbocycles. The number of benzene rings is 1. The fraction of sp³-hybridized carbons (Fsp3) is 0.609. The van der Waals surface area contributed by atoms with E-state index >= 15 is 0 Å². The van der Waals surface area contributed by atoms with Crippen LogP contribution in [0.2, 0.25) is 0 Å². The topological polar surface area (TPSA) is 91.0 Å². The van der Waals surface area contributed by atoms with Crippen molar-refractivity contribution in [3.05, 3.63) is 24.3 Å². The second-order valence-electron chi connectivity index (χ2n) is 9.47. The molecular formula is C23H36N4O4. The van der Waals surface area contributed by atoms with Gasteiger partial charge in [-0.3, -0.25) is 4.79 Å². The van der Waals surface area contributed by atoms with Crippen LogP contribution in [0.5, 0.6) is 0 Å². The normalized spacial score (nSPS) is 16.6. The van der Waals surface area contributed by atoms with Gasteiger partial charge in [0.15, 0.2) is 0 Å². The van der Waals surface area contributed by atoms with E-state index in [2.05, 4.69) is 10.6 Å². The Kier molecular flexibility index (Phi) is 8.30. The summed E-state index contributed by atoms with van der Waals surface area (Å²) in [6.07, 6.45) is 1.48. The first-order chi connectivity index (χ1) is 14.4. The van der Waals surface area contributed by atoms with Crippen molar-refractivity contribution < 1.29 is 19.1 Å². The van der Waals surface area contributed by atoms with Gasteiger partial charge in [-0.25, -0.2) is 9.59 Å². The highest BCUT2D eigenvalue weighted by Crippen LogP contribution is 2.21. The van der Waals surface area contributed by atoms with Gasteiger partial charge < -0.3 is 25.2 Å². The maximum absolute atomic E-state index is 12.8. The van der Waals surface area contributed by atoms with E-state index in [0.717, 1.165) is 12.8 Å². The minimum Gasteiger partial charge on any atom is -0.444 e. The van der Waals surface area contributed by atoms with Crippen LogP contribution < -0.4 is 10.6 Å². The van der Waals surface area contributed by atoms with Crippen molar-refractivity contribution >= 4 is 29.4 Å². The van der Waals surface area contributed by atoms with Gasteiger partial charge in [-0.1, -0.05) is 19.9 Å². The molecule has 0 bridgehead atoms. The molecule has 2 N–H and O–H groups in total. The Morgan fingerprint density at radius 2 is 1.84 bits per heavy atom. The van der Waals surface area contributed by atoms with Crippen LogP contribution in [-0.2, 0) is 9.53 Å². The highest BCUT2D eigenvalue weighted by molar-refractivity contribution is 5.94. The summed E-state index contributed by atoms with van der Waals surface area (Å²) in [5.41, 5.74) is 0.735. The highest BCUT2D eigenvalue weighted by Gasteiger charge is 2.27. The van der Waals surface area contributed by atoms with Crippen LogP contribution in [0.25, 0.3) is 0 Å². The second-order valence-corrected chi connectivity index (χ2v) is 9.47. The van der Waals surface area contributed by atoms with Gasteiger partial charge in [0.1, 0.15) is 5.60 Å². The Morgan fingerprint density at radius 3 is 2.45 bits per heavy atom. The number of nitrogens with one attached hydrogen (secondary N) is 2. The fourth-order valence-electron chi connectivity index (χ4n) is 3.36. The van der Waals surface area contributed by atoms with Gasteiger partial charge in [-0.2, -0.15) is 0 Å². The molecule has 1 aliphatic heterocycles. The van der Waals surface area contributed by atoms with E-state index in [1.54, 1.807) is 41.1 Å². The molecule has 0 saturated carbocycles. The summed E-state index contributed by atoms with van der Waals surface area (Å²) in [7, 11) is 1.73. The number of ether oxygens (including phenoxy) is 1. The average Bonchev–Trinajstić information content (AvgIpc) is 2.67. The molecule has 8 heteroatoms. The minimum atomic E-state index is -0.535. The smallest absolute Gasteiger partial charge is 0.410 e. The summed E-state index contributed by atoms with van der Waals surface area (Å²) in [4.78, 5) is 40.3. The lowest BCUT2D eigenvalue weighted by Crippen LogP contribution is -2.46. The van der Waals surface area contributed by atoms with Gasteiger partial charge in [-0.15, -0.1) is 0 Å². The third kappa shape index (κ3) is 8.11. The summed E-state index contributed by atoms with van der Waals surface area (Å²) >= 11 is 0. The summed E-state index contributed by atoms with van der Waals surface area (Å²) < 4.78 is 5.41. The third-order valence-electron chi connectivity index (χ3n) is 4.95. The molecule has 0 aromatic heterocycles. The zero-order valence-corrected chi connectivity index (χ0v) is 19.5. The molecule has 1 fully saturated rings. The van der Waals surface area contributed by atoms with Gasteiger partial charge in [0.25, 0.3) is 0 Å². The number of urea groups is 1. The van der Waals surface area contributed by atoms with Crippen molar-refractivity contribution in [2.24, 2.45) is 11.8 Å². The number of hydrogen-bond acceptors (Lipinski definition) is 4. The van der Waals surface area contributed by atoms with E-state index < -0.39 is 5.60 Å². The number of nitrogens with zero attached hydrogens (tertiary/aromatic N) is 2. The molecule has 1 unspecified atom stereocenters. The van der Waals surface area contributed by atoms with Crippen molar-refractivity contribution in [3.8, 4) is 0 Å². The molecule has 8 nitrogen and oxygen atoms in total. The highest BCUT2D eigenvalue weighted by atomic mass is 16.6. The van der Waals surface area contributed by atoms with Gasteiger partial charge in [0, 0.05) is 44.0 Å². The Bertz CT molecular complexity index is 788. The van der Waals surface area contributed by atoms with Crippen molar-refractivity contribution in [3.63, 3.8) is 0 Å². The summed E-state index contributed by atoms with van der Waals surface area (Å²) in [5, 5.41) is 5.75. The van der Waals surface area contributed by atoms with Crippen LogP contribution in [-0.4, -0.2) is 60.1 Å². The lowest BCUT2D eigenvalue weighted by Gasteiger charge is -2.35. The number of hydrogen-bond donors (Lipinski definition) is 2. The number of rotatable bonds is 5. The molecule has 1 aromatic rings. The maximum Gasteiger partial charge on any atom is 0.410 e. The van der Waals surface area contributed by atoms with E-state index in [-0.39, 0.29) is 29.9 Å². The van der Waals surface area contributed by atoms with Crippen LogP contribution in [0.1, 0.15) is 47.5 Å². The lowest BCUT2D eigenvalue weighted by atomic mass is 9.98. The van der Waals surface area contributed by atoms with E-state index in [4.69, 9.17) is 4.74 Å². The predicted octanol–water partition coefficient (Wildman–Crippen LogP) is 4.39. The number of amides is 4. The Labute approximate surface area is 185 Å². The van der Waals surface area contributed by atoms with Gasteiger partial charge in [0.2, 0.25) is 5.91 Å².